The molecule has 0 aliphatic carbocycles. The Hall–Kier alpha value is -2.02. The van der Waals surface area contributed by atoms with E-state index >= 15 is 0 Å². The maximum atomic E-state index is 12.2. The van der Waals surface area contributed by atoms with Crippen LogP contribution >= 0.6 is 0 Å². The number of hydrogen-bond acceptors (Lipinski definition) is 5. The van der Waals surface area contributed by atoms with Crippen LogP contribution in [0.15, 0.2) is 18.3 Å². The number of likely N-dealkylation sites (N-methyl/N-ethyl adjacent to an activating group) is 1. The smallest absolute Gasteiger partial charge is 0.242 e. The largest absolute Gasteiger partial charge is 0.390 e. The maximum absolute atomic E-state index is 12.2. The first-order valence-corrected chi connectivity index (χ1v) is 8.73. The fourth-order valence-corrected chi connectivity index (χ4v) is 2.79. The minimum Gasteiger partial charge on any atom is -0.390 e. The molecular weight excluding hydrogens is 320 g/mol. The minimum atomic E-state index is -1.02. The van der Waals surface area contributed by atoms with Gasteiger partial charge in [-0.2, -0.15) is 10.2 Å². The zero-order valence-corrected chi connectivity index (χ0v) is 15.6. The van der Waals surface area contributed by atoms with Gasteiger partial charge in [0, 0.05) is 19.7 Å². The van der Waals surface area contributed by atoms with Gasteiger partial charge in [0.1, 0.15) is 6.04 Å². The molecule has 0 radical (unpaired) electrons. The number of aliphatic hydroxyl groups excluding tert-OH is 1. The molecule has 2 amide bonds. The molecule has 3 atom stereocenters. The highest BCUT2D eigenvalue weighted by atomic mass is 16.3. The number of hydrogen-bond donors (Lipinski definition) is 2. The van der Waals surface area contributed by atoms with Gasteiger partial charge < -0.3 is 15.7 Å². The van der Waals surface area contributed by atoms with Gasteiger partial charge >= 0.3 is 0 Å². The molecule has 25 heavy (non-hydrogen) atoms. The van der Waals surface area contributed by atoms with E-state index in [9.17, 15) is 14.7 Å². The van der Waals surface area contributed by atoms with Crippen LogP contribution in [0.2, 0.25) is 0 Å². The number of aromatic nitrogens is 2. The molecule has 7 nitrogen and oxygen atoms in total. The second-order valence-electron chi connectivity index (χ2n) is 7.02. The molecule has 3 N–H and O–H groups in total. The van der Waals surface area contributed by atoms with E-state index in [0.717, 1.165) is 18.5 Å². The van der Waals surface area contributed by atoms with E-state index in [2.05, 4.69) is 10.2 Å². The van der Waals surface area contributed by atoms with Crippen LogP contribution in [0.3, 0.4) is 0 Å². The minimum absolute atomic E-state index is 0.171. The third kappa shape index (κ3) is 6.78. The van der Waals surface area contributed by atoms with Gasteiger partial charge in [0.05, 0.1) is 11.8 Å². The van der Waals surface area contributed by atoms with E-state index in [1.54, 1.807) is 6.20 Å². The summed E-state index contributed by atoms with van der Waals surface area (Å²) in [5, 5.41) is 18.4. The average molecular weight is 350 g/mol. The second kappa shape index (κ2) is 10.1. The molecule has 1 heterocycles. The summed E-state index contributed by atoms with van der Waals surface area (Å²) >= 11 is 0. The van der Waals surface area contributed by atoms with Crippen LogP contribution in [0.25, 0.3) is 0 Å². The Kier molecular flexibility index (Phi) is 8.48. The molecular formula is C18H30N4O3. The van der Waals surface area contributed by atoms with Gasteiger partial charge in [0.2, 0.25) is 11.8 Å². The highest BCUT2D eigenvalue weighted by molar-refractivity contribution is 5.87. The standard InChI is InChI=1S/C18H30N4O3/c1-12(2)11-15(23)22(4)16(18(19)25)17(24)13(3)7-5-8-14-9-6-10-20-21-14/h6,9-10,12-13,16-17,24H,5,7-8,11H2,1-4H3,(H2,19,25)/t13-,16+,17-/m1/s1. The normalized spacial score (nSPS) is 14.8. The van der Waals surface area contributed by atoms with Gasteiger partial charge in [-0.1, -0.05) is 20.8 Å². The van der Waals surface area contributed by atoms with Crippen molar-refractivity contribution in [3.05, 3.63) is 24.0 Å². The number of aryl methyl sites for hydroxylation is 1. The summed E-state index contributed by atoms with van der Waals surface area (Å²) in [6.07, 6.45) is 3.17. The van der Waals surface area contributed by atoms with E-state index in [1.807, 2.05) is 32.9 Å². The second-order valence-corrected chi connectivity index (χ2v) is 7.02. The van der Waals surface area contributed by atoms with Crippen molar-refractivity contribution < 1.29 is 14.7 Å². The molecule has 7 heteroatoms. The van der Waals surface area contributed by atoms with Crippen LogP contribution < -0.4 is 5.73 Å². The monoisotopic (exact) mass is 350 g/mol. The van der Waals surface area contributed by atoms with Gasteiger partial charge in [0.25, 0.3) is 0 Å². The zero-order valence-electron chi connectivity index (χ0n) is 15.6. The highest BCUT2D eigenvalue weighted by Gasteiger charge is 2.34. The predicted molar refractivity (Wildman–Crippen MR) is 95.3 cm³/mol. The molecule has 0 saturated carbocycles. The Morgan fingerprint density at radius 2 is 2.00 bits per heavy atom. The molecule has 140 valence electrons. The van der Waals surface area contributed by atoms with Crippen molar-refractivity contribution in [2.45, 2.75) is 58.6 Å². The van der Waals surface area contributed by atoms with E-state index < -0.39 is 18.1 Å². The Bertz CT molecular complexity index is 551. The van der Waals surface area contributed by atoms with Crippen LogP contribution in [0.4, 0.5) is 0 Å². The molecule has 0 aliphatic rings. The molecule has 0 unspecified atom stereocenters. The molecule has 0 aromatic carbocycles. The van der Waals surface area contributed by atoms with Crippen LogP contribution in [-0.4, -0.2) is 51.2 Å². The van der Waals surface area contributed by atoms with Crippen molar-refractivity contribution in [1.82, 2.24) is 15.1 Å². The van der Waals surface area contributed by atoms with Crippen LogP contribution in [0.5, 0.6) is 0 Å². The summed E-state index contributed by atoms with van der Waals surface area (Å²) in [6, 6.07) is 2.72. The van der Waals surface area contributed by atoms with Crippen molar-refractivity contribution in [2.75, 3.05) is 7.05 Å². The van der Waals surface area contributed by atoms with E-state index in [-0.39, 0.29) is 17.7 Å². The number of carbonyl (C=O) groups excluding carboxylic acids is 2. The molecule has 0 saturated heterocycles. The summed E-state index contributed by atoms with van der Waals surface area (Å²) in [5.74, 6) is -0.883. The Morgan fingerprint density at radius 1 is 1.32 bits per heavy atom. The first-order chi connectivity index (χ1) is 11.7. The first kappa shape index (κ1) is 21.0. The number of amides is 2. The number of primary amides is 1. The lowest BCUT2D eigenvalue weighted by Crippen LogP contribution is -2.54. The van der Waals surface area contributed by atoms with Crippen molar-refractivity contribution in [3.8, 4) is 0 Å². The van der Waals surface area contributed by atoms with E-state index in [1.165, 1.54) is 11.9 Å². The fourth-order valence-electron chi connectivity index (χ4n) is 2.79. The number of nitrogens with zero attached hydrogens (tertiary/aromatic N) is 3. The molecule has 1 rings (SSSR count). The van der Waals surface area contributed by atoms with Gasteiger partial charge in [-0.25, -0.2) is 0 Å². The molecule has 1 aromatic heterocycles. The molecule has 0 aliphatic heterocycles. The van der Waals surface area contributed by atoms with Crippen LogP contribution in [0, 0.1) is 11.8 Å². The van der Waals surface area contributed by atoms with Crippen molar-refractivity contribution >= 4 is 11.8 Å². The van der Waals surface area contributed by atoms with Crippen LogP contribution in [0.1, 0.15) is 45.7 Å². The lowest BCUT2D eigenvalue weighted by atomic mass is 9.91. The first-order valence-electron chi connectivity index (χ1n) is 8.73. The number of carbonyl (C=O) groups is 2. The van der Waals surface area contributed by atoms with E-state index in [4.69, 9.17) is 5.73 Å². The van der Waals surface area contributed by atoms with Crippen molar-refractivity contribution in [1.29, 1.82) is 0 Å². The predicted octanol–water partition coefficient (Wildman–Crippen LogP) is 1.15. The Morgan fingerprint density at radius 3 is 2.52 bits per heavy atom. The van der Waals surface area contributed by atoms with Crippen molar-refractivity contribution in [3.63, 3.8) is 0 Å². The maximum Gasteiger partial charge on any atom is 0.242 e. The number of nitrogens with two attached hydrogens (primary N) is 1. The number of aliphatic hydroxyl groups is 1. The average Bonchev–Trinajstić information content (AvgIpc) is 2.54. The highest BCUT2D eigenvalue weighted by Crippen LogP contribution is 2.19. The van der Waals surface area contributed by atoms with Gasteiger partial charge in [-0.15, -0.1) is 0 Å². The van der Waals surface area contributed by atoms with Gasteiger partial charge in [0.15, 0.2) is 0 Å². The van der Waals surface area contributed by atoms with Gasteiger partial charge in [-0.05, 0) is 43.2 Å². The molecule has 0 fully saturated rings. The lowest BCUT2D eigenvalue weighted by Gasteiger charge is -2.33. The molecule has 0 bridgehead atoms. The Labute approximate surface area is 149 Å². The summed E-state index contributed by atoms with van der Waals surface area (Å²) in [6.45, 7) is 5.71. The topological polar surface area (TPSA) is 109 Å². The zero-order chi connectivity index (χ0) is 19.0. The van der Waals surface area contributed by atoms with Crippen molar-refractivity contribution in [2.24, 2.45) is 17.6 Å². The fraction of sp³-hybridized carbons (Fsp3) is 0.667. The lowest BCUT2D eigenvalue weighted by molar-refractivity contribution is -0.143. The summed E-state index contributed by atoms with van der Waals surface area (Å²) in [4.78, 5) is 25.3. The van der Waals surface area contributed by atoms with Gasteiger partial charge in [-0.3, -0.25) is 9.59 Å². The molecule has 1 aromatic rings. The Balaban J connectivity index is 2.63. The summed E-state index contributed by atoms with van der Waals surface area (Å²) < 4.78 is 0. The summed E-state index contributed by atoms with van der Waals surface area (Å²) in [5.41, 5.74) is 6.34. The number of rotatable bonds is 10. The SMILES string of the molecule is CC(C)CC(=O)N(C)[C@H](C(N)=O)[C@H](O)[C@H](C)CCCc1cccnn1. The van der Waals surface area contributed by atoms with E-state index in [0.29, 0.717) is 12.8 Å². The van der Waals surface area contributed by atoms with Crippen LogP contribution in [-0.2, 0) is 16.0 Å². The quantitative estimate of drug-likeness (QED) is 0.658. The molecule has 0 spiro atoms. The third-order valence-electron chi connectivity index (χ3n) is 4.31. The third-order valence-corrected chi connectivity index (χ3v) is 4.31. The summed E-state index contributed by atoms with van der Waals surface area (Å²) in [7, 11) is 1.52.